The minimum Gasteiger partial charge on any atom is -0.477 e. The zero-order valence-corrected chi connectivity index (χ0v) is 18.9. The topological polar surface area (TPSA) is 90.2 Å². The van der Waals surface area contributed by atoms with Crippen LogP contribution in [0.25, 0.3) is 0 Å². The lowest BCUT2D eigenvalue weighted by Gasteiger charge is -2.39. The fraction of sp³-hybridized carbons (Fsp3) is 0.478. The van der Waals surface area contributed by atoms with E-state index < -0.39 is 29.0 Å². The number of benzene rings is 2. The molecule has 7 heteroatoms. The molecule has 0 amide bonds. The highest BCUT2D eigenvalue weighted by Gasteiger charge is 2.44. The van der Waals surface area contributed by atoms with Crippen molar-refractivity contribution in [2.45, 2.75) is 61.6 Å². The molecule has 3 rings (SSSR count). The number of hydrogen-bond donors (Lipinski definition) is 4. The van der Waals surface area contributed by atoms with Crippen molar-refractivity contribution in [1.29, 1.82) is 0 Å². The zero-order valence-electron chi connectivity index (χ0n) is 17.3. The average molecular weight is 453 g/mol. The third kappa shape index (κ3) is 5.31. The molecule has 0 radical (unpaired) electrons. The van der Waals surface area contributed by atoms with Gasteiger partial charge in [-0.15, -0.1) is 11.8 Å². The molecule has 30 heavy (non-hydrogen) atoms. The predicted octanol–water partition coefficient (Wildman–Crippen LogP) is 3.12. The molecule has 1 saturated heterocycles. The summed E-state index contributed by atoms with van der Waals surface area (Å²) in [6.07, 6.45) is -3.32. The van der Waals surface area contributed by atoms with E-state index >= 15 is 0 Å². The summed E-state index contributed by atoms with van der Waals surface area (Å²) in [5.74, 6) is 0.538. The Morgan fingerprint density at radius 3 is 2.23 bits per heavy atom. The number of thioether (sulfide) groups is 1. The first kappa shape index (κ1) is 23.4. The molecule has 164 valence electrons. The van der Waals surface area contributed by atoms with Gasteiger partial charge in [-0.25, -0.2) is 0 Å². The Balaban J connectivity index is 1.82. The van der Waals surface area contributed by atoms with Crippen LogP contribution in [0.4, 0.5) is 0 Å². The molecule has 1 aliphatic heterocycles. The molecular weight excluding hydrogens is 424 g/mol. The first-order valence-corrected chi connectivity index (χ1v) is 11.3. The first-order valence-electron chi connectivity index (χ1n) is 9.95. The second kappa shape index (κ2) is 9.47. The molecule has 5 atom stereocenters. The summed E-state index contributed by atoms with van der Waals surface area (Å²) in [5.41, 5.74) is 2.43. The molecule has 0 saturated carbocycles. The fourth-order valence-electron chi connectivity index (χ4n) is 3.43. The van der Waals surface area contributed by atoms with Gasteiger partial charge in [0.05, 0.1) is 18.0 Å². The van der Waals surface area contributed by atoms with Crippen LogP contribution in [0.1, 0.15) is 37.5 Å². The monoisotopic (exact) mass is 452 g/mol. The van der Waals surface area contributed by atoms with Crippen LogP contribution >= 0.6 is 23.4 Å². The second-order valence-electron chi connectivity index (χ2n) is 8.69. The Hall–Kier alpha value is -1.28. The fourth-order valence-corrected chi connectivity index (χ4v) is 4.86. The SMILES string of the molecule is CC(C)(C)c1ccc(Cc2cc(Cl)ccc2O[C@H]2S[C@@H](CO)[C@@H](O)[C@H](O)[C@H]2O)cc1. The largest absolute Gasteiger partial charge is 0.477 e. The Bertz CT molecular complexity index is 850. The van der Waals surface area contributed by atoms with Gasteiger partial charge in [0, 0.05) is 17.0 Å². The molecule has 2 aromatic carbocycles. The minimum absolute atomic E-state index is 0.0752. The number of halogens is 1. The van der Waals surface area contributed by atoms with Crippen LogP contribution in [0.3, 0.4) is 0 Å². The van der Waals surface area contributed by atoms with Crippen LogP contribution < -0.4 is 4.74 Å². The molecule has 4 N–H and O–H groups in total. The van der Waals surface area contributed by atoms with Gasteiger partial charge < -0.3 is 25.2 Å². The Morgan fingerprint density at radius 2 is 1.63 bits per heavy atom. The van der Waals surface area contributed by atoms with Crippen molar-refractivity contribution < 1.29 is 25.2 Å². The van der Waals surface area contributed by atoms with E-state index in [4.69, 9.17) is 16.3 Å². The maximum atomic E-state index is 10.4. The third-order valence-electron chi connectivity index (χ3n) is 5.33. The molecule has 0 bridgehead atoms. The van der Waals surface area contributed by atoms with E-state index in [0.29, 0.717) is 17.2 Å². The molecule has 1 aliphatic rings. The number of ether oxygens (including phenoxy) is 1. The van der Waals surface area contributed by atoms with Gasteiger partial charge in [0.15, 0.2) is 5.44 Å². The third-order valence-corrected chi connectivity index (χ3v) is 6.98. The van der Waals surface area contributed by atoms with Crippen molar-refractivity contribution in [3.63, 3.8) is 0 Å². The molecular formula is C23H29ClO5S. The van der Waals surface area contributed by atoms with E-state index in [9.17, 15) is 20.4 Å². The highest BCUT2D eigenvalue weighted by Crippen LogP contribution is 2.36. The van der Waals surface area contributed by atoms with Crippen molar-refractivity contribution in [3.8, 4) is 5.75 Å². The van der Waals surface area contributed by atoms with Crippen molar-refractivity contribution in [1.82, 2.24) is 0 Å². The summed E-state index contributed by atoms with van der Waals surface area (Å²) in [7, 11) is 0. The lowest BCUT2D eigenvalue weighted by molar-refractivity contribution is -0.0910. The van der Waals surface area contributed by atoms with Gasteiger partial charge in [-0.3, -0.25) is 0 Å². The first-order chi connectivity index (χ1) is 14.1. The van der Waals surface area contributed by atoms with Crippen molar-refractivity contribution >= 4 is 23.4 Å². The summed E-state index contributed by atoms with van der Waals surface area (Å²) < 4.78 is 6.03. The van der Waals surface area contributed by atoms with Gasteiger partial charge >= 0.3 is 0 Å². The highest BCUT2D eigenvalue weighted by molar-refractivity contribution is 8.00. The van der Waals surface area contributed by atoms with Crippen LogP contribution in [-0.4, -0.2) is 56.0 Å². The smallest absolute Gasteiger partial charge is 0.173 e. The Kier molecular flexibility index (Phi) is 7.38. The zero-order chi connectivity index (χ0) is 22.1. The standard InChI is InChI=1S/C23H29ClO5S/c1-23(2,3)15-6-4-13(5-7-15)10-14-11-16(24)8-9-17(14)29-22-21(28)20(27)19(26)18(12-25)30-22/h4-9,11,18-22,25-28H,10,12H2,1-3H3/t18-,19+,20-,21+,22-/m0/s1. The lowest BCUT2D eigenvalue weighted by atomic mass is 9.86. The van der Waals surface area contributed by atoms with E-state index in [0.717, 1.165) is 22.9 Å². The molecule has 0 unspecified atom stereocenters. The summed E-state index contributed by atoms with van der Waals surface area (Å²) in [4.78, 5) is 0. The number of hydrogen-bond acceptors (Lipinski definition) is 6. The minimum atomic E-state index is -1.39. The summed E-state index contributed by atoms with van der Waals surface area (Å²) in [6, 6.07) is 13.7. The van der Waals surface area contributed by atoms with E-state index in [-0.39, 0.29) is 12.0 Å². The Labute approximate surface area is 186 Å². The molecule has 5 nitrogen and oxygen atoms in total. The maximum absolute atomic E-state index is 10.4. The number of aliphatic hydroxyl groups excluding tert-OH is 4. The van der Waals surface area contributed by atoms with Crippen LogP contribution in [-0.2, 0) is 11.8 Å². The number of rotatable bonds is 5. The lowest BCUT2D eigenvalue weighted by Crippen LogP contribution is -2.55. The van der Waals surface area contributed by atoms with Crippen LogP contribution in [0.2, 0.25) is 5.02 Å². The van der Waals surface area contributed by atoms with Gasteiger partial charge in [0.25, 0.3) is 0 Å². The van der Waals surface area contributed by atoms with Gasteiger partial charge in [0.1, 0.15) is 18.0 Å². The second-order valence-corrected chi connectivity index (χ2v) is 10.5. The highest BCUT2D eigenvalue weighted by atomic mass is 35.5. The van der Waals surface area contributed by atoms with E-state index in [2.05, 4.69) is 45.0 Å². The normalized spacial score (nSPS) is 27.1. The van der Waals surface area contributed by atoms with Crippen LogP contribution in [0.15, 0.2) is 42.5 Å². The van der Waals surface area contributed by atoms with Gasteiger partial charge in [-0.2, -0.15) is 0 Å². The van der Waals surface area contributed by atoms with E-state index in [1.54, 1.807) is 12.1 Å². The quantitative estimate of drug-likeness (QED) is 0.557. The summed E-state index contributed by atoms with van der Waals surface area (Å²) in [5, 5.41) is 39.9. The van der Waals surface area contributed by atoms with Gasteiger partial charge in [-0.1, -0.05) is 56.6 Å². The average Bonchev–Trinajstić information content (AvgIpc) is 2.70. The molecule has 2 aromatic rings. The maximum Gasteiger partial charge on any atom is 0.173 e. The van der Waals surface area contributed by atoms with Gasteiger partial charge in [0.2, 0.25) is 0 Å². The Morgan fingerprint density at radius 1 is 0.967 bits per heavy atom. The molecule has 0 spiro atoms. The summed E-state index contributed by atoms with van der Waals surface area (Å²) >= 11 is 7.32. The van der Waals surface area contributed by atoms with E-state index in [1.165, 1.54) is 5.56 Å². The number of aliphatic hydroxyl groups is 4. The van der Waals surface area contributed by atoms with Crippen molar-refractivity contribution in [2.75, 3.05) is 6.61 Å². The molecule has 0 aliphatic carbocycles. The van der Waals surface area contributed by atoms with Crippen LogP contribution in [0.5, 0.6) is 5.75 Å². The van der Waals surface area contributed by atoms with Crippen molar-refractivity contribution in [2.24, 2.45) is 0 Å². The van der Waals surface area contributed by atoms with Gasteiger partial charge in [-0.05, 0) is 34.7 Å². The van der Waals surface area contributed by atoms with Crippen molar-refractivity contribution in [3.05, 3.63) is 64.2 Å². The molecule has 1 heterocycles. The molecule has 0 aromatic heterocycles. The van der Waals surface area contributed by atoms with Crippen LogP contribution in [0, 0.1) is 0 Å². The predicted molar refractivity (Wildman–Crippen MR) is 120 cm³/mol. The van der Waals surface area contributed by atoms with E-state index in [1.807, 2.05) is 6.07 Å². The molecule has 1 fully saturated rings. The summed E-state index contributed by atoms with van der Waals surface area (Å²) in [6.45, 7) is 6.18.